The lowest BCUT2D eigenvalue weighted by Gasteiger charge is -2.11. The van der Waals surface area contributed by atoms with E-state index in [1.54, 1.807) is 25.3 Å². The van der Waals surface area contributed by atoms with E-state index >= 15 is 0 Å². The van der Waals surface area contributed by atoms with Crippen LogP contribution in [-0.2, 0) is 0 Å². The molecule has 0 bridgehead atoms. The average Bonchev–Trinajstić information content (AvgIpc) is 2.60. The van der Waals surface area contributed by atoms with Crippen LogP contribution in [0.3, 0.4) is 0 Å². The van der Waals surface area contributed by atoms with Gasteiger partial charge in [0.1, 0.15) is 5.75 Å². The van der Waals surface area contributed by atoms with E-state index in [1.165, 1.54) is 6.20 Å². The van der Waals surface area contributed by atoms with Gasteiger partial charge in [0.2, 0.25) is 5.95 Å². The largest absolute Gasteiger partial charge is 0.495 e. The molecule has 6 nitrogen and oxygen atoms in total. The normalized spacial score (nSPS) is 10.3. The van der Waals surface area contributed by atoms with Crippen molar-refractivity contribution in [1.82, 2.24) is 15.2 Å². The molecule has 0 unspecified atom stereocenters. The fourth-order valence-electron chi connectivity index (χ4n) is 2.02. The zero-order valence-corrected chi connectivity index (χ0v) is 14.1. The molecule has 1 heterocycles. The van der Waals surface area contributed by atoms with Crippen molar-refractivity contribution >= 4 is 46.3 Å². The summed E-state index contributed by atoms with van der Waals surface area (Å²) in [5.41, 5.74) is 1.37. The summed E-state index contributed by atoms with van der Waals surface area (Å²) in [5, 5.41) is 14.8. The van der Waals surface area contributed by atoms with Crippen molar-refractivity contribution in [2.24, 2.45) is 0 Å². The fourth-order valence-corrected chi connectivity index (χ4v) is 2.37. The maximum Gasteiger partial charge on any atom is 0.249 e. The number of benzene rings is 2. The van der Waals surface area contributed by atoms with Gasteiger partial charge in [0.05, 0.1) is 34.7 Å². The third kappa shape index (κ3) is 3.67. The smallest absolute Gasteiger partial charge is 0.249 e. The molecule has 0 saturated heterocycles. The quantitative estimate of drug-likeness (QED) is 0.687. The molecule has 0 saturated carbocycles. The van der Waals surface area contributed by atoms with Crippen molar-refractivity contribution < 1.29 is 4.74 Å². The van der Waals surface area contributed by atoms with Gasteiger partial charge in [0, 0.05) is 0 Å². The molecule has 0 spiro atoms. The Kier molecular flexibility index (Phi) is 4.98. The highest BCUT2D eigenvalue weighted by Gasteiger charge is 2.08. The van der Waals surface area contributed by atoms with Gasteiger partial charge in [-0.1, -0.05) is 41.4 Å². The third-order valence-electron chi connectivity index (χ3n) is 3.13. The lowest BCUT2D eigenvalue weighted by atomic mass is 10.3. The minimum atomic E-state index is 0.291. The third-order valence-corrected chi connectivity index (χ3v) is 3.95. The molecule has 0 radical (unpaired) electrons. The van der Waals surface area contributed by atoms with Crippen LogP contribution in [0.5, 0.6) is 5.75 Å². The van der Waals surface area contributed by atoms with E-state index in [9.17, 15) is 0 Å². The molecule has 3 rings (SSSR count). The van der Waals surface area contributed by atoms with Crippen LogP contribution in [0.4, 0.5) is 23.1 Å². The number of nitrogens with zero attached hydrogens (tertiary/aromatic N) is 3. The molecule has 2 aromatic carbocycles. The number of hydrogen-bond acceptors (Lipinski definition) is 6. The highest BCUT2D eigenvalue weighted by atomic mass is 35.5. The number of ether oxygens (including phenoxy) is 1. The maximum atomic E-state index is 6.15. The number of anilines is 4. The van der Waals surface area contributed by atoms with Gasteiger partial charge >= 0.3 is 0 Å². The van der Waals surface area contributed by atoms with Crippen molar-refractivity contribution in [3.8, 4) is 5.75 Å². The summed E-state index contributed by atoms with van der Waals surface area (Å²) in [5.74, 6) is 1.50. The first kappa shape index (κ1) is 16.3. The molecular formula is C16H13Cl2N5O. The minimum Gasteiger partial charge on any atom is -0.495 e. The Morgan fingerprint density at radius 3 is 2.58 bits per heavy atom. The van der Waals surface area contributed by atoms with Gasteiger partial charge in [-0.25, -0.2) is 0 Å². The van der Waals surface area contributed by atoms with Crippen molar-refractivity contribution in [1.29, 1.82) is 0 Å². The topological polar surface area (TPSA) is 72.0 Å². The SMILES string of the molecule is COc1ccccc1Nc1cnnc(Nc2cccc(Cl)c2Cl)n1. The zero-order valence-electron chi connectivity index (χ0n) is 12.6. The Morgan fingerprint density at radius 2 is 1.75 bits per heavy atom. The first-order chi connectivity index (χ1) is 11.7. The monoisotopic (exact) mass is 361 g/mol. The van der Waals surface area contributed by atoms with E-state index < -0.39 is 0 Å². The van der Waals surface area contributed by atoms with Crippen LogP contribution in [0.15, 0.2) is 48.7 Å². The molecule has 122 valence electrons. The standard InChI is InChI=1S/C16H13Cl2N5O/c1-24-13-8-3-2-6-11(13)20-14-9-19-23-16(22-14)21-12-7-4-5-10(17)15(12)18/h2-9H,1H3,(H2,20,21,22,23). The van der Waals surface area contributed by atoms with Crippen molar-refractivity contribution in [3.63, 3.8) is 0 Å². The van der Waals surface area contributed by atoms with Crippen LogP contribution < -0.4 is 15.4 Å². The molecule has 2 N–H and O–H groups in total. The molecule has 8 heteroatoms. The summed E-state index contributed by atoms with van der Waals surface area (Å²) in [6, 6.07) is 12.8. The Hall–Kier alpha value is -2.57. The van der Waals surface area contributed by atoms with Gasteiger partial charge in [-0.05, 0) is 24.3 Å². The molecule has 0 fully saturated rings. The highest BCUT2D eigenvalue weighted by Crippen LogP contribution is 2.31. The number of halogens is 2. The van der Waals surface area contributed by atoms with E-state index in [-0.39, 0.29) is 0 Å². The Balaban J connectivity index is 1.83. The second-order valence-corrected chi connectivity index (χ2v) is 5.50. The predicted molar refractivity (Wildman–Crippen MR) is 95.8 cm³/mol. The van der Waals surface area contributed by atoms with Gasteiger partial charge in [0.25, 0.3) is 0 Å². The van der Waals surface area contributed by atoms with Crippen LogP contribution >= 0.6 is 23.2 Å². The van der Waals surface area contributed by atoms with Crippen LogP contribution in [0.1, 0.15) is 0 Å². The van der Waals surface area contributed by atoms with E-state index in [0.717, 1.165) is 5.69 Å². The molecule has 24 heavy (non-hydrogen) atoms. The van der Waals surface area contributed by atoms with Crippen LogP contribution in [-0.4, -0.2) is 22.3 Å². The van der Waals surface area contributed by atoms with Crippen LogP contribution in [0.2, 0.25) is 10.0 Å². The average molecular weight is 362 g/mol. The lowest BCUT2D eigenvalue weighted by molar-refractivity contribution is 0.417. The molecule has 0 aliphatic carbocycles. The predicted octanol–water partition coefficient (Wildman–Crippen LogP) is 4.67. The van der Waals surface area contributed by atoms with E-state index in [0.29, 0.717) is 33.2 Å². The van der Waals surface area contributed by atoms with Gasteiger partial charge in [0.15, 0.2) is 5.82 Å². The van der Waals surface area contributed by atoms with Crippen LogP contribution in [0.25, 0.3) is 0 Å². The van der Waals surface area contributed by atoms with Gasteiger partial charge in [-0.15, -0.1) is 5.10 Å². The second-order valence-electron chi connectivity index (χ2n) is 4.72. The summed E-state index contributed by atoms with van der Waals surface area (Å²) in [6.45, 7) is 0. The molecule has 0 aliphatic heterocycles. The highest BCUT2D eigenvalue weighted by molar-refractivity contribution is 6.43. The van der Waals surface area contributed by atoms with Gasteiger partial charge < -0.3 is 15.4 Å². The molecule has 1 aromatic heterocycles. The Bertz CT molecular complexity index is 859. The van der Waals surface area contributed by atoms with Gasteiger partial charge in [-0.2, -0.15) is 10.1 Å². The van der Waals surface area contributed by atoms with Crippen molar-refractivity contribution in [2.45, 2.75) is 0 Å². The number of para-hydroxylation sites is 2. The number of nitrogens with one attached hydrogen (secondary N) is 2. The van der Waals surface area contributed by atoms with E-state index in [4.69, 9.17) is 27.9 Å². The summed E-state index contributed by atoms with van der Waals surface area (Å²) in [4.78, 5) is 4.36. The Labute approximate surface area is 148 Å². The summed E-state index contributed by atoms with van der Waals surface area (Å²) >= 11 is 12.1. The molecule has 0 atom stereocenters. The number of rotatable bonds is 5. The molecular weight excluding hydrogens is 349 g/mol. The van der Waals surface area contributed by atoms with Gasteiger partial charge in [-0.3, -0.25) is 0 Å². The molecule has 0 amide bonds. The lowest BCUT2D eigenvalue weighted by Crippen LogP contribution is -2.03. The van der Waals surface area contributed by atoms with E-state index in [2.05, 4.69) is 25.8 Å². The maximum absolute atomic E-state index is 6.15. The summed E-state index contributed by atoms with van der Waals surface area (Å²) in [6.07, 6.45) is 1.51. The first-order valence-electron chi connectivity index (χ1n) is 6.98. The van der Waals surface area contributed by atoms with Crippen molar-refractivity contribution in [2.75, 3.05) is 17.7 Å². The first-order valence-corrected chi connectivity index (χ1v) is 7.74. The fraction of sp³-hybridized carbons (Fsp3) is 0.0625. The second kappa shape index (κ2) is 7.33. The minimum absolute atomic E-state index is 0.291. The van der Waals surface area contributed by atoms with Crippen molar-refractivity contribution in [3.05, 3.63) is 58.7 Å². The Morgan fingerprint density at radius 1 is 0.958 bits per heavy atom. The van der Waals surface area contributed by atoms with Crippen LogP contribution in [0, 0.1) is 0 Å². The zero-order chi connectivity index (χ0) is 16.9. The molecule has 0 aliphatic rings. The number of aromatic nitrogens is 3. The molecule has 3 aromatic rings. The van der Waals surface area contributed by atoms with E-state index in [1.807, 2.05) is 24.3 Å². The number of hydrogen-bond donors (Lipinski definition) is 2. The number of methoxy groups -OCH3 is 1. The summed E-state index contributed by atoms with van der Waals surface area (Å²) in [7, 11) is 1.60. The summed E-state index contributed by atoms with van der Waals surface area (Å²) < 4.78 is 5.30.